The minimum absolute atomic E-state index is 0.166. The van der Waals surface area contributed by atoms with Crippen molar-refractivity contribution in [2.75, 3.05) is 6.54 Å². The lowest BCUT2D eigenvalue weighted by Gasteiger charge is -2.38. The predicted molar refractivity (Wildman–Crippen MR) is 199 cm³/mol. The highest BCUT2D eigenvalue weighted by Gasteiger charge is 2.37. The Morgan fingerprint density at radius 1 is 0.962 bits per heavy atom. The van der Waals surface area contributed by atoms with Gasteiger partial charge < -0.3 is 36.1 Å². The van der Waals surface area contributed by atoms with Crippen molar-refractivity contribution in [3.8, 4) is 5.75 Å². The molecule has 52 heavy (non-hydrogen) atoms. The number of aromatic hydroxyl groups is 1. The van der Waals surface area contributed by atoms with Crippen LogP contribution in [0.5, 0.6) is 5.75 Å². The number of carbonyl (C=O) groups excluding carboxylic acids is 3. The highest BCUT2D eigenvalue weighted by atomic mass is 16.5. The number of nitrogens with two attached hydrogens (primary N) is 1. The number of H-pyrrole nitrogens is 1. The van der Waals surface area contributed by atoms with Gasteiger partial charge in [0.1, 0.15) is 24.2 Å². The van der Waals surface area contributed by atoms with Crippen molar-refractivity contribution in [3.63, 3.8) is 0 Å². The van der Waals surface area contributed by atoms with Crippen LogP contribution >= 0.6 is 0 Å². The Morgan fingerprint density at radius 2 is 1.65 bits per heavy atom. The first-order chi connectivity index (χ1) is 25.2. The number of unbranched alkanes of at least 4 members (excludes halogenated alkanes) is 1. The Kier molecular flexibility index (Phi) is 11.5. The molecule has 0 saturated carbocycles. The molecule has 0 unspecified atom stereocenters. The number of imidazole rings is 1. The van der Waals surface area contributed by atoms with Crippen LogP contribution in [0.4, 0.5) is 4.79 Å². The highest BCUT2D eigenvalue weighted by molar-refractivity contribution is 5.91. The Morgan fingerprint density at radius 3 is 2.40 bits per heavy atom. The molecule has 5 aromatic rings. The number of aromatic amines is 1. The van der Waals surface area contributed by atoms with Gasteiger partial charge in [0.2, 0.25) is 11.8 Å². The monoisotopic (exact) mass is 702 g/mol. The van der Waals surface area contributed by atoms with E-state index in [0.29, 0.717) is 38.1 Å². The molecule has 0 saturated heterocycles. The smallest absolute Gasteiger partial charge is 0.407 e. The molecular formula is C41H46N6O5. The molecule has 3 amide bonds. The van der Waals surface area contributed by atoms with Crippen molar-refractivity contribution in [2.45, 2.75) is 77.2 Å². The molecule has 1 aliphatic rings. The van der Waals surface area contributed by atoms with Crippen molar-refractivity contribution >= 4 is 28.9 Å². The van der Waals surface area contributed by atoms with Crippen LogP contribution in [-0.4, -0.2) is 56.5 Å². The number of carbonyl (C=O) groups is 3. The third-order valence-corrected chi connectivity index (χ3v) is 9.71. The maximum atomic E-state index is 14.3. The van der Waals surface area contributed by atoms with Crippen molar-refractivity contribution in [1.82, 2.24) is 25.5 Å². The molecule has 0 radical (unpaired) electrons. The standard InChI is InChI=1S/C41H46N6O5/c1-26-20-31(48)21-27(2)32(26)23-33(42)40(50)47-24-30-15-7-6-14-29(30)22-37(47)39(49)46-36(38-44-34-16-8-9-17-35(34)45-38)18-10-11-19-43-41(51)52-25-28-12-4-3-5-13-28/h3-9,12-17,20-21,33,36-37,48H,10-11,18-19,22-25,42H2,1-2H3,(H,43,51)(H,44,45)(H,46,49)/t33-,36-,37-/m0/s1. The third-order valence-electron chi connectivity index (χ3n) is 9.71. The summed E-state index contributed by atoms with van der Waals surface area (Å²) in [4.78, 5) is 50.5. The fourth-order valence-electron chi connectivity index (χ4n) is 6.92. The number of aromatic nitrogens is 2. The van der Waals surface area contributed by atoms with E-state index in [9.17, 15) is 19.5 Å². The number of fused-ring (bicyclic) bond motifs is 2. The lowest BCUT2D eigenvalue weighted by Crippen LogP contribution is -2.57. The zero-order chi connectivity index (χ0) is 36.6. The van der Waals surface area contributed by atoms with Crippen LogP contribution in [-0.2, 0) is 40.3 Å². The van der Waals surface area contributed by atoms with Crippen molar-refractivity contribution < 1.29 is 24.2 Å². The largest absolute Gasteiger partial charge is 0.508 e. The van der Waals surface area contributed by atoms with Crippen molar-refractivity contribution in [3.05, 3.63) is 130 Å². The van der Waals surface area contributed by atoms with Gasteiger partial charge in [-0.25, -0.2) is 9.78 Å². The second-order valence-corrected chi connectivity index (χ2v) is 13.5. The molecule has 6 rings (SSSR count). The molecule has 270 valence electrons. The minimum atomic E-state index is -0.888. The van der Waals surface area contributed by atoms with Gasteiger partial charge in [0.25, 0.3) is 0 Å². The summed E-state index contributed by atoms with van der Waals surface area (Å²) in [6.07, 6.45) is 2.01. The minimum Gasteiger partial charge on any atom is -0.508 e. The first kappa shape index (κ1) is 36.1. The van der Waals surface area contributed by atoms with Gasteiger partial charge in [-0.15, -0.1) is 0 Å². The van der Waals surface area contributed by atoms with E-state index in [1.807, 2.05) is 92.7 Å². The van der Waals surface area contributed by atoms with E-state index in [4.69, 9.17) is 15.5 Å². The van der Waals surface area contributed by atoms with Crippen molar-refractivity contribution in [2.24, 2.45) is 5.73 Å². The summed E-state index contributed by atoms with van der Waals surface area (Å²) < 4.78 is 5.33. The third kappa shape index (κ3) is 8.78. The van der Waals surface area contributed by atoms with Crippen molar-refractivity contribution in [1.29, 1.82) is 0 Å². The van der Waals surface area contributed by atoms with Crippen LogP contribution in [0.15, 0.2) is 91.0 Å². The zero-order valence-corrected chi connectivity index (χ0v) is 29.6. The van der Waals surface area contributed by atoms with Crippen LogP contribution in [0, 0.1) is 13.8 Å². The Labute approximate surface area is 303 Å². The SMILES string of the molecule is Cc1cc(O)cc(C)c1C[C@H](N)C(=O)N1Cc2ccccc2C[C@H]1C(=O)N[C@@H](CCCCNC(=O)OCc1ccccc1)c1nc2ccccc2[nH]1. The number of nitrogens with one attached hydrogen (secondary N) is 3. The van der Waals surface area contributed by atoms with Crippen LogP contribution in [0.3, 0.4) is 0 Å². The fraction of sp³-hybridized carbons (Fsp3) is 0.317. The van der Waals surface area contributed by atoms with E-state index >= 15 is 0 Å². The number of phenolic OH excluding ortho intramolecular Hbond substituents is 1. The number of rotatable bonds is 13. The Hall–Kier alpha value is -5.68. The molecule has 0 spiro atoms. The number of amides is 3. The van der Waals surface area contributed by atoms with E-state index in [1.165, 1.54) is 0 Å². The molecule has 2 heterocycles. The summed E-state index contributed by atoms with van der Waals surface area (Å²) in [6.45, 7) is 4.64. The number of para-hydroxylation sites is 2. The van der Waals surface area contributed by atoms with Gasteiger partial charge in [-0.3, -0.25) is 9.59 Å². The van der Waals surface area contributed by atoms with Gasteiger partial charge in [0.05, 0.1) is 23.1 Å². The number of benzene rings is 4. The topological polar surface area (TPSA) is 163 Å². The number of nitrogens with zero attached hydrogens (tertiary/aromatic N) is 2. The number of phenols is 1. The van der Waals surface area contributed by atoms with E-state index in [1.54, 1.807) is 17.0 Å². The molecule has 3 atom stereocenters. The molecule has 1 aromatic heterocycles. The lowest BCUT2D eigenvalue weighted by molar-refractivity contribution is -0.143. The summed E-state index contributed by atoms with van der Waals surface area (Å²) in [6, 6.07) is 26.2. The molecule has 0 fully saturated rings. The number of hydrogen-bond donors (Lipinski definition) is 5. The van der Waals surface area contributed by atoms with Crippen LogP contribution in [0.2, 0.25) is 0 Å². The van der Waals surface area contributed by atoms with Gasteiger partial charge >= 0.3 is 6.09 Å². The summed E-state index contributed by atoms with van der Waals surface area (Å²) in [5.74, 6) is 0.181. The molecule has 0 bridgehead atoms. The van der Waals surface area contributed by atoms with E-state index in [-0.39, 0.29) is 37.1 Å². The fourth-order valence-corrected chi connectivity index (χ4v) is 6.92. The first-order valence-corrected chi connectivity index (χ1v) is 17.8. The maximum absolute atomic E-state index is 14.3. The summed E-state index contributed by atoms with van der Waals surface area (Å²) in [5, 5.41) is 16.1. The average Bonchev–Trinajstić information content (AvgIpc) is 3.58. The molecule has 4 aromatic carbocycles. The summed E-state index contributed by atoms with van der Waals surface area (Å²) in [5.41, 5.74) is 13.8. The van der Waals surface area contributed by atoms with Gasteiger partial charge in [-0.2, -0.15) is 0 Å². The molecule has 0 aliphatic carbocycles. The second kappa shape index (κ2) is 16.6. The van der Waals surface area contributed by atoms with Gasteiger partial charge in [-0.1, -0.05) is 66.7 Å². The van der Waals surface area contributed by atoms with Crippen LogP contribution < -0.4 is 16.4 Å². The number of ether oxygens (including phenoxy) is 1. The second-order valence-electron chi connectivity index (χ2n) is 13.5. The van der Waals surface area contributed by atoms with Gasteiger partial charge in [0.15, 0.2) is 0 Å². The zero-order valence-electron chi connectivity index (χ0n) is 29.6. The molecule has 1 aliphatic heterocycles. The summed E-state index contributed by atoms with van der Waals surface area (Å²) in [7, 11) is 0. The molecule has 6 N–H and O–H groups in total. The summed E-state index contributed by atoms with van der Waals surface area (Å²) >= 11 is 0. The lowest BCUT2D eigenvalue weighted by atomic mass is 9.91. The molecule has 11 heteroatoms. The molecular weight excluding hydrogens is 656 g/mol. The normalized spacial score (nSPS) is 15.1. The number of aryl methyl sites for hydroxylation is 2. The Balaban J connectivity index is 1.15. The average molecular weight is 703 g/mol. The van der Waals surface area contributed by atoms with Gasteiger partial charge in [0, 0.05) is 19.5 Å². The van der Waals surface area contributed by atoms with E-state index < -0.39 is 24.2 Å². The highest BCUT2D eigenvalue weighted by Crippen LogP contribution is 2.28. The van der Waals surface area contributed by atoms with E-state index in [2.05, 4.69) is 15.6 Å². The maximum Gasteiger partial charge on any atom is 0.407 e. The van der Waals surface area contributed by atoms with Crippen LogP contribution in [0.25, 0.3) is 11.0 Å². The van der Waals surface area contributed by atoms with Gasteiger partial charge in [-0.05, 0) is 97.2 Å². The first-order valence-electron chi connectivity index (χ1n) is 17.8. The number of hydrogen-bond acceptors (Lipinski definition) is 7. The molecule has 11 nitrogen and oxygen atoms in total. The van der Waals surface area contributed by atoms with E-state index in [0.717, 1.165) is 44.4 Å². The predicted octanol–water partition coefficient (Wildman–Crippen LogP) is 5.66. The quantitative estimate of drug-likeness (QED) is 0.0989. The Bertz CT molecular complexity index is 1970. The van der Waals surface area contributed by atoms with Crippen LogP contribution in [0.1, 0.15) is 64.5 Å². The number of alkyl carbamates (subject to hydrolysis) is 1.